The van der Waals surface area contributed by atoms with E-state index in [1.807, 2.05) is 11.8 Å². The van der Waals surface area contributed by atoms with Crippen LogP contribution in [0.1, 0.15) is 39.0 Å². The van der Waals surface area contributed by atoms with Crippen molar-refractivity contribution in [3.63, 3.8) is 0 Å². The average molecular weight is 239 g/mol. The van der Waals surface area contributed by atoms with Crippen molar-refractivity contribution in [2.45, 2.75) is 39.0 Å². The molecular weight excluding hydrogens is 218 g/mol. The molecular formula is C13H21NO3. The van der Waals surface area contributed by atoms with Gasteiger partial charge in [0, 0.05) is 19.5 Å². The molecule has 96 valence electrons. The average Bonchev–Trinajstić information content (AvgIpc) is 3.13. The first-order chi connectivity index (χ1) is 8.20. The number of amides is 1. The third kappa shape index (κ3) is 3.45. The molecule has 0 unspecified atom stereocenters. The number of ether oxygens (including phenoxy) is 1. The summed E-state index contributed by atoms with van der Waals surface area (Å²) < 4.78 is 5.03. The Balaban J connectivity index is 1.82. The normalized spacial score (nSPS) is 24.5. The van der Waals surface area contributed by atoms with Crippen molar-refractivity contribution >= 4 is 11.9 Å². The third-order valence-corrected chi connectivity index (χ3v) is 3.55. The van der Waals surface area contributed by atoms with Crippen molar-refractivity contribution in [2.24, 2.45) is 11.8 Å². The zero-order valence-electron chi connectivity index (χ0n) is 10.5. The zero-order valence-corrected chi connectivity index (χ0v) is 10.5. The first kappa shape index (κ1) is 12.4. The van der Waals surface area contributed by atoms with Gasteiger partial charge in [-0.1, -0.05) is 0 Å². The largest absolute Gasteiger partial charge is 0.466 e. The lowest BCUT2D eigenvalue weighted by atomic mass is 9.98. The van der Waals surface area contributed by atoms with Gasteiger partial charge in [-0.15, -0.1) is 0 Å². The fourth-order valence-electron chi connectivity index (χ4n) is 2.35. The van der Waals surface area contributed by atoms with Crippen molar-refractivity contribution in [2.75, 3.05) is 19.7 Å². The summed E-state index contributed by atoms with van der Waals surface area (Å²) >= 11 is 0. The van der Waals surface area contributed by atoms with E-state index < -0.39 is 0 Å². The first-order valence-electron chi connectivity index (χ1n) is 6.65. The summed E-state index contributed by atoms with van der Waals surface area (Å²) in [6, 6.07) is 0. The van der Waals surface area contributed by atoms with Gasteiger partial charge in [0.05, 0.1) is 12.5 Å². The summed E-state index contributed by atoms with van der Waals surface area (Å²) in [7, 11) is 0. The van der Waals surface area contributed by atoms with Gasteiger partial charge in [-0.3, -0.25) is 9.59 Å². The van der Waals surface area contributed by atoms with Crippen molar-refractivity contribution in [1.29, 1.82) is 0 Å². The Morgan fingerprint density at radius 2 is 2.06 bits per heavy atom. The van der Waals surface area contributed by atoms with Crippen LogP contribution in [-0.2, 0) is 14.3 Å². The van der Waals surface area contributed by atoms with Crippen LogP contribution >= 0.6 is 0 Å². The number of likely N-dealkylation sites (tertiary alicyclic amines) is 1. The first-order valence-corrected chi connectivity index (χ1v) is 6.65. The van der Waals surface area contributed by atoms with E-state index in [1.54, 1.807) is 0 Å². The van der Waals surface area contributed by atoms with Crippen LogP contribution in [0.3, 0.4) is 0 Å². The molecule has 1 amide bonds. The number of hydrogen-bond donors (Lipinski definition) is 0. The molecule has 1 saturated heterocycles. The Hall–Kier alpha value is -1.06. The number of piperidine rings is 1. The van der Waals surface area contributed by atoms with Crippen LogP contribution in [0, 0.1) is 11.8 Å². The predicted molar refractivity (Wildman–Crippen MR) is 63.3 cm³/mol. The second-order valence-corrected chi connectivity index (χ2v) is 5.08. The second kappa shape index (κ2) is 5.52. The van der Waals surface area contributed by atoms with Gasteiger partial charge in [-0.05, 0) is 38.5 Å². The van der Waals surface area contributed by atoms with Crippen LogP contribution in [0.15, 0.2) is 0 Å². The van der Waals surface area contributed by atoms with Crippen LogP contribution in [-0.4, -0.2) is 36.5 Å². The Kier molecular flexibility index (Phi) is 4.02. The maximum atomic E-state index is 11.9. The minimum atomic E-state index is -0.142. The third-order valence-electron chi connectivity index (χ3n) is 3.55. The molecule has 2 aliphatic rings. The highest BCUT2D eigenvalue weighted by molar-refractivity contribution is 5.79. The van der Waals surface area contributed by atoms with Gasteiger partial charge in [-0.2, -0.15) is 0 Å². The number of esters is 1. The van der Waals surface area contributed by atoms with Crippen LogP contribution in [0.4, 0.5) is 0 Å². The molecule has 1 saturated carbocycles. The predicted octanol–water partition coefficient (Wildman–Crippen LogP) is 1.59. The van der Waals surface area contributed by atoms with E-state index in [0.717, 1.165) is 19.4 Å². The lowest BCUT2D eigenvalue weighted by Crippen LogP contribution is -2.42. The molecule has 0 aromatic heterocycles. The summed E-state index contributed by atoms with van der Waals surface area (Å²) in [6.07, 6.45) is 4.84. The number of carbonyl (C=O) groups excluding carboxylic acids is 2. The van der Waals surface area contributed by atoms with Gasteiger partial charge in [0.2, 0.25) is 5.91 Å². The number of hydrogen-bond acceptors (Lipinski definition) is 3. The van der Waals surface area contributed by atoms with Gasteiger partial charge < -0.3 is 9.64 Å². The van der Waals surface area contributed by atoms with E-state index in [1.165, 1.54) is 12.8 Å². The maximum Gasteiger partial charge on any atom is 0.310 e. The minimum Gasteiger partial charge on any atom is -0.466 e. The van der Waals surface area contributed by atoms with E-state index >= 15 is 0 Å². The number of carbonyl (C=O) groups is 2. The molecule has 0 N–H and O–H groups in total. The molecule has 0 aromatic rings. The van der Waals surface area contributed by atoms with Crippen molar-refractivity contribution in [3.05, 3.63) is 0 Å². The Morgan fingerprint density at radius 3 is 2.71 bits per heavy atom. The van der Waals surface area contributed by atoms with Gasteiger partial charge >= 0.3 is 5.97 Å². The molecule has 2 fully saturated rings. The van der Waals surface area contributed by atoms with Crippen molar-refractivity contribution in [1.82, 2.24) is 4.90 Å². The van der Waals surface area contributed by atoms with E-state index in [9.17, 15) is 9.59 Å². The molecule has 17 heavy (non-hydrogen) atoms. The van der Waals surface area contributed by atoms with Gasteiger partial charge in [0.25, 0.3) is 0 Å². The Morgan fingerprint density at radius 1 is 1.29 bits per heavy atom. The molecule has 0 aromatic carbocycles. The smallest absolute Gasteiger partial charge is 0.310 e. The SMILES string of the molecule is CCOC(=O)[C@@H]1CCCN(C(=O)CC2CC2)C1. The molecule has 0 bridgehead atoms. The quantitative estimate of drug-likeness (QED) is 0.700. The fourth-order valence-corrected chi connectivity index (χ4v) is 2.35. The fraction of sp³-hybridized carbons (Fsp3) is 0.846. The van der Waals surface area contributed by atoms with Gasteiger partial charge in [0.15, 0.2) is 0 Å². The van der Waals surface area contributed by atoms with E-state index in [-0.39, 0.29) is 17.8 Å². The van der Waals surface area contributed by atoms with Crippen LogP contribution < -0.4 is 0 Å². The number of nitrogens with zero attached hydrogens (tertiary/aromatic N) is 1. The summed E-state index contributed by atoms with van der Waals surface area (Å²) in [5.41, 5.74) is 0. The lowest BCUT2D eigenvalue weighted by Gasteiger charge is -2.31. The van der Waals surface area contributed by atoms with Crippen LogP contribution in [0.2, 0.25) is 0 Å². The van der Waals surface area contributed by atoms with Crippen molar-refractivity contribution < 1.29 is 14.3 Å². The molecule has 4 heteroatoms. The highest BCUT2D eigenvalue weighted by Crippen LogP contribution is 2.33. The van der Waals surface area contributed by atoms with E-state index in [2.05, 4.69) is 0 Å². The molecule has 1 atom stereocenters. The molecule has 1 aliphatic heterocycles. The molecule has 0 radical (unpaired) electrons. The highest BCUT2D eigenvalue weighted by atomic mass is 16.5. The standard InChI is InChI=1S/C13H21NO3/c1-2-17-13(16)11-4-3-7-14(9-11)12(15)8-10-5-6-10/h10-11H,2-9H2,1H3/t11-/m1/s1. The van der Waals surface area contributed by atoms with Gasteiger partial charge in [0.1, 0.15) is 0 Å². The molecule has 1 aliphatic carbocycles. The molecule has 2 rings (SSSR count). The van der Waals surface area contributed by atoms with Crippen LogP contribution in [0.25, 0.3) is 0 Å². The summed E-state index contributed by atoms with van der Waals surface area (Å²) in [6.45, 7) is 3.61. The summed E-state index contributed by atoms with van der Waals surface area (Å²) in [4.78, 5) is 25.4. The van der Waals surface area contributed by atoms with Crippen molar-refractivity contribution in [3.8, 4) is 0 Å². The second-order valence-electron chi connectivity index (χ2n) is 5.08. The lowest BCUT2D eigenvalue weighted by molar-refractivity contribution is -0.151. The van der Waals surface area contributed by atoms with E-state index in [4.69, 9.17) is 4.74 Å². The Labute approximate surface area is 102 Å². The zero-order chi connectivity index (χ0) is 12.3. The minimum absolute atomic E-state index is 0.105. The highest BCUT2D eigenvalue weighted by Gasteiger charge is 2.32. The van der Waals surface area contributed by atoms with E-state index in [0.29, 0.717) is 25.5 Å². The Bertz CT molecular complexity index is 299. The number of rotatable bonds is 4. The maximum absolute atomic E-state index is 11.9. The topological polar surface area (TPSA) is 46.6 Å². The monoisotopic (exact) mass is 239 g/mol. The van der Waals surface area contributed by atoms with Gasteiger partial charge in [-0.25, -0.2) is 0 Å². The summed E-state index contributed by atoms with van der Waals surface area (Å²) in [5, 5.41) is 0. The molecule has 1 heterocycles. The van der Waals surface area contributed by atoms with Crippen LogP contribution in [0.5, 0.6) is 0 Å². The molecule has 0 spiro atoms. The molecule has 4 nitrogen and oxygen atoms in total. The summed E-state index contributed by atoms with van der Waals surface area (Å²) in [5.74, 6) is 0.593.